The third-order valence-electron chi connectivity index (χ3n) is 7.59. The molecule has 0 bridgehead atoms. The molecule has 2 aliphatic heterocycles. The first-order valence-corrected chi connectivity index (χ1v) is 13.0. The van der Waals surface area contributed by atoms with Crippen molar-refractivity contribution in [3.8, 4) is 0 Å². The molecule has 3 aliphatic rings. The smallest absolute Gasteiger partial charge is 0.254 e. The number of hydrogen-bond donors (Lipinski definition) is 1. The molecule has 9 heteroatoms. The lowest BCUT2D eigenvalue weighted by atomic mass is 9.90. The molecule has 1 saturated carbocycles. The van der Waals surface area contributed by atoms with E-state index in [0.717, 1.165) is 6.42 Å². The van der Waals surface area contributed by atoms with Gasteiger partial charge in [-0.3, -0.25) is 19.4 Å². The van der Waals surface area contributed by atoms with Gasteiger partial charge >= 0.3 is 0 Å². The molecule has 2 aromatic carbocycles. The van der Waals surface area contributed by atoms with Gasteiger partial charge in [0.2, 0.25) is 5.91 Å². The monoisotopic (exact) mass is 528 g/mol. The van der Waals surface area contributed by atoms with Gasteiger partial charge in [-0.25, -0.2) is 8.78 Å². The fraction of sp³-hybridized carbons (Fsp3) is 0.267. The third-order valence-corrected chi connectivity index (χ3v) is 7.59. The first kappa shape index (κ1) is 24.9. The summed E-state index contributed by atoms with van der Waals surface area (Å²) in [6.45, 7) is 0.853. The van der Waals surface area contributed by atoms with Gasteiger partial charge in [-0.2, -0.15) is 0 Å². The summed E-state index contributed by atoms with van der Waals surface area (Å²) in [6.07, 6.45) is 4.68. The second-order valence-electron chi connectivity index (χ2n) is 10.1. The Morgan fingerprint density at radius 3 is 2.62 bits per heavy atom. The largest absolute Gasteiger partial charge is 0.344 e. The molecule has 0 spiro atoms. The van der Waals surface area contributed by atoms with Crippen molar-refractivity contribution >= 4 is 28.9 Å². The van der Waals surface area contributed by atoms with Gasteiger partial charge in [0, 0.05) is 37.1 Å². The molecule has 198 valence electrons. The van der Waals surface area contributed by atoms with E-state index in [9.17, 15) is 18.8 Å². The molecular formula is C30H26F2N4O3. The molecule has 3 heterocycles. The van der Waals surface area contributed by atoms with Crippen LogP contribution < -0.4 is 10.2 Å². The minimum Gasteiger partial charge on any atom is -0.344 e. The standard InChI is InChI=1S/C30H26F2N4O3/c31-19-6-1-5-18(13-19)29(22-14-26(22)37)34-30(39)28-21-8-2-9-24(32)23(21)16-36(20-7-3-11-33-15-20)25(28)17-35-12-4-10-27(35)38/h1-3,5-9,11,13,15,22,29H,4,10,12,14,16-17H2,(H,34,39)/t22?,29-/m1/s1. The van der Waals surface area contributed by atoms with E-state index in [1.807, 2.05) is 11.0 Å². The molecule has 2 amide bonds. The maximum atomic E-state index is 15.2. The number of hydrogen-bond acceptors (Lipinski definition) is 5. The van der Waals surface area contributed by atoms with Gasteiger partial charge in [0.25, 0.3) is 5.91 Å². The number of anilines is 1. The highest BCUT2D eigenvalue weighted by molar-refractivity contribution is 6.22. The normalized spacial score (nSPS) is 19.3. The van der Waals surface area contributed by atoms with Crippen molar-refractivity contribution in [3.05, 3.63) is 101 Å². The first-order chi connectivity index (χ1) is 18.9. The fourth-order valence-corrected chi connectivity index (χ4v) is 5.52. The number of rotatable bonds is 7. The highest BCUT2D eigenvalue weighted by Gasteiger charge is 2.44. The van der Waals surface area contributed by atoms with Crippen molar-refractivity contribution in [3.63, 3.8) is 0 Å². The van der Waals surface area contributed by atoms with Crippen LogP contribution in [0.25, 0.3) is 5.57 Å². The van der Waals surface area contributed by atoms with Crippen molar-refractivity contribution in [2.24, 2.45) is 5.92 Å². The average Bonchev–Trinajstić information content (AvgIpc) is 3.52. The SMILES string of the molecule is O=C(N[C@H](c1cccc(F)c1)C1CC1=O)C1=C(CN2CCCC2=O)N(c2cccnc2)Cc2c(F)cccc21. The van der Waals surface area contributed by atoms with Crippen LogP contribution >= 0.6 is 0 Å². The number of fused-ring (bicyclic) bond motifs is 1. The minimum absolute atomic E-state index is 0.0142. The summed E-state index contributed by atoms with van der Waals surface area (Å²) in [7, 11) is 0. The number of carbonyl (C=O) groups is 3. The highest BCUT2D eigenvalue weighted by atomic mass is 19.1. The zero-order valence-corrected chi connectivity index (χ0v) is 21.1. The molecule has 1 unspecified atom stereocenters. The Kier molecular flexibility index (Phi) is 6.42. The molecule has 1 aliphatic carbocycles. The number of benzene rings is 2. The summed E-state index contributed by atoms with van der Waals surface area (Å²) in [6, 6.07) is 13.2. The Balaban J connectivity index is 1.48. The predicted octanol–water partition coefficient (Wildman–Crippen LogP) is 4.16. The first-order valence-electron chi connectivity index (χ1n) is 13.0. The zero-order chi connectivity index (χ0) is 27.1. The van der Waals surface area contributed by atoms with E-state index in [0.29, 0.717) is 41.0 Å². The summed E-state index contributed by atoms with van der Waals surface area (Å²) in [5.74, 6) is -1.95. The van der Waals surface area contributed by atoms with E-state index in [-0.39, 0.29) is 36.8 Å². The van der Waals surface area contributed by atoms with E-state index >= 15 is 4.39 Å². The van der Waals surface area contributed by atoms with Gasteiger partial charge in [0.15, 0.2) is 0 Å². The van der Waals surface area contributed by atoms with E-state index in [4.69, 9.17) is 0 Å². The minimum atomic E-state index is -0.742. The van der Waals surface area contributed by atoms with Crippen LogP contribution in [0.5, 0.6) is 0 Å². The van der Waals surface area contributed by atoms with E-state index in [2.05, 4.69) is 10.3 Å². The van der Waals surface area contributed by atoms with Crippen molar-refractivity contribution in [2.75, 3.05) is 18.0 Å². The Bertz CT molecular complexity index is 1510. The van der Waals surface area contributed by atoms with Gasteiger partial charge in [-0.1, -0.05) is 24.3 Å². The molecule has 2 atom stereocenters. The van der Waals surface area contributed by atoms with Crippen molar-refractivity contribution in [1.29, 1.82) is 0 Å². The topological polar surface area (TPSA) is 82.6 Å². The molecular weight excluding hydrogens is 502 g/mol. The van der Waals surface area contributed by atoms with E-state index in [1.165, 1.54) is 24.3 Å². The van der Waals surface area contributed by atoms with Gasteiger partial charge in [0.1, 0.15) is 17.4 Å². The number of likely N-dealkylation sites (tertiary alicyclic amines) is 1. The van der Waals surface area contributed by atoms with Crippen LogP contribution in [-0.4, -0.2) is 40.6 Å². The lowest BCUT2D eigenvalue weighted by Crippen LogP contribution is -2.41. The molecule has 7 nitrogen and oxygen atoms in total. The van der Waals surface area contributed by atoms with Crippen LogP contribution in [0.3, 0.4) is 0 Å². The molecule has 3 aromatic rings. The number of carbonyl (C=O) groups excluding carboxylic acids is 3. The molecule has 1 aromatic heterocycles. The summed E-state index contributed by atoms with van der Waals surface area (Å²) in [4.78, 5) is 46.7. The third kappa shape index (κ3) is 4.80. The van der Waals surface area contributed by atoms with Crippen LogP contribution in [0.4, 0.5) is 14.5 Å². The summed E-state index contributed by atoms with van der Waals surface area (Å²) in [5, 5.41) is 2.97. The number of amides is 2. The Labute approximate surface area is 224 Å². The Morgan fingerprint density at radius 1 is 1.10 bits per heavy atom. The number of nitrogens with zero attached hydrogens (tertiary/aromatic N) is 3. The lowest BCUT2D eigenvalue weighted by Gasteiger charge is -2.37. The summed E-state index contributed by atoms with van der Waals surface area (Å²) >= 11 is 0. The maximum absolute atomic E-state index is 15.2. The van der Waals surface area contributed by atoms with Gasteiger partial charge in [0.05, 0.1) is 42.3 Å². The van der Waals surface area contributed by atoms with Gasteiger partial charge in [-0.15, -0.1) is 0 Å². The van der Waals surface area contributed by atoms with Crippen LogP contribution in [0.1, 0.15) is 42.0 Å². The predicted molar refractivity (Wildman–Crippen MR) is 140 cm³/mol. The quantitative estimate of drug-likeness (QED) is 0.498. The van der Waals surface area contributed by atoms with Gasteiger partial charge in [-0.05, 0) is 47.9 Å². The van der Waals surface area contributed by atoms with Crippen LogP contribution in [0.15, 0.2) is 72.7 Å². The second-order valence-corrected chi connectivity index (χ2v) is 10.1. The van der Waals surface area contributed by atoms with Crippen LogP contribution in [0, 0.1) is 17.6 Å². The molecule has 39 heavy (non-hydrogen) atoms. The van der Waals surface area contributed by atoms with Gasteiger partial charge < -0.3 is 15.1 Å². The molecule has 6 rings (SSSR count). The fourth-order valence-electron chi connectivity index (χ4n) is 5.52. The summed E-state index contributed by atoms with van der Waals surface area (Å²) < 4.78 is 29.3. The number of nitrogens with one attached hydrogen (secondary N) is 1. The number of aromatic nitrogens is 1. The summed E-state index contributed by atoms with van der Waals surface area (Å²) in [5.41, 5.74) is 2.65. The van der Waals surface area contributed by atoms with E-state index < -0.39 is 29.5 Å². The zero-order valence-electron chi connectivity index (χ0n) is 21.1. The number of ketones is 1. The number of pyridine rings is 1. The second kappa shape index (κ2) is 10.1. The molecule has 0 radical (unpaired) electrons. The number of Topliss-reactive ketones (excluding diaryl/α,β-unsaturated/α-hetero) is 1. The molecule has 1 saturated heterocycles. The Hall–Kier alpha value is -4.40. The van der Waals surface area contributed by atoms with Crippen molar-refractivity contribution in [2.45, 2.75) is 31.8 Å². The maximum Gasteiger partial charge on any atom is 0.254 e. The number of halogens is 2. The molecule has 2 fully saturated rings. The Morgan fingerprint density at radius 2 is 1.92 bits per heavy atom. The lowest BCUT2D eigenvalue weighted by molar-refractivity contribution is -0.127. The van der Waals surface area contributed by atoms with Crippen LogP contribution in [-0.2, 0) is 20.9 Å². The van der Waals surface area contributed by atoms with E-state index in [1.54, 1.807) is 41.6 Å². The van der Waals surface area contributed by atoms with Crippen LogP contribution in [0.2, 0.25) is 0 Å². The average molecular weight is 529 g/mol. The highest BCUT2D eigenvalue weighted by Crippen LogP contribution is 2.40. The molecule has 1 N–H and O–H groups in total. The van der Waals surface area contributed by atoms with Crippen molar-refractivity contribution in [1.82, 2.24) is 15.2 Å². The van der Waals surface area contributed by atoms with Crippen molar-refractivity contribution < 1.29 is 23.2 Å².